The molecule has 7 heteroatoms. The molecule has 0 radical (unpaired) electrons. The van der Waals surface area contributed by atoms with Crippen LogP contribution in [0.25, 0.3) is 11.4 Å². The Morgan fingerprint density at radius 1 is 1.20 bits per heavy atom. The molecule has 1 aromatic heterocycles. The summed E-state index contributed by atoms with van der Waals surface area (Å²) in [5.41, 5.74) is -0.462. The van der Waals surface area contributed by atoms with E-state index in [-0.39, 0.29) is 24.1 Å². The molecule has 0 saturated carbocycles. The Kier molecular flexibility index (Phi) is 5.36. The Balaban J connectivity index is 2.49. The molecule has 2 rings (SSSR count). The maximum Gasteiger partial charge on any atom is 0.326 e. The molecular formula is C18H21N3O4. The summed E-state index contributed by atoms with van der Waals surface area (Å²) in [4.78, 5) is 40.2. The van der Waals surface area contributed by atoms with Crippen LogP contribution in [0.15, 0.2) is 41.2 Å². The summed E-state index contributed by atoms with van der Waals surface area (Å²) in [6.45, 7) is 6.32. The third-order valence-corrected chi connectivity index (χ3v) is 3.05. The lowest BCUT2D eigenvalue weighted by atomic mass is 10.2. The Morgan fingerprint density at radius 2 is 1.84 bits per heavy atom. The summed E-state index contributed by atoms with van der Waals surface area (Å²) in [5, 5.41) is 2.49. The number of hydrogen-bond acceptors (Lipinski definition) is 5. The van der Waals surface area contributed by atoms with Gasteiger partial charge in [0.1, 0.15) is 23.8 Å². The highest BCUT2D eigenvalue weighted by Gasteiger charge is 2.19. The van der Waals surface area contributed by atoms with Gasteiger partial charge >= 0.3 is 5.97 Å². The summed E-state index contributed by atoms with van der Waals surface area (Å²) >= 11 is 0. The predicted molar refractivity (Wildman–Crippen MR) is 94.1 cm³/mol. The number of carbonyl (C=O) groups excluding carboxylic acids is 2. The number of amides is 1. The molecule has 0 unspecified atom stereocenters. The first-order chi connectivity index (χ1) is 11.7. The van der Waals surface area contributed by atoms with Crippen molar-refractivity contribution < 1.29 is 14.3 Å². The molecule has 0 saturated heterocycles. The second kappa shape index (κ2) is 7.29. The second-order valence-corrected chi connectivity index (χ2v) is 6.52. The molecule has 2 aromatic rings. The fraction of sp³-hybridized carbons (Fsp3) is 0.333. The van der Waals surface area contributed by atoms with Gasteiger partial charge in [0, 0.05) is 18.6 Å². The SMILES string of the molecule is CC(=O)Nc1cc(=O)n(CC(=O)OC(C)(C)C)c(-c2ccccc2)n1. The van der Waals surface area contributed by atoms with Gasteiger partial charge in [-0.2, -0.15) is 0 Å². The van der Waals surface area contributed by atoms with Gasteiger partial charge < -0.3 is 10.1 Å². The van der Waals surface area contributed by atoms with Crippen molar-refractivity contribution in [3.63, 3.8) is 0 Å². The molecule has 1 heterocycles. The van der Waals surface area contributed by atoms with Gasteiger partial charge in [0.15, 0.2) is 0 Å². The highest BCUT2D eigenvalue weighted by Crippen LogP contribution is 2.18. The van der Waals surface area contributed by atoms with E-state index < -0.39 is 17.1 Å². The van der Waals surface area contributed by atoms with Crippen LogP contribution in [-0.2, 0) is 20.9 Å². The first-order valence-corrected chi connectivity index (χ1v) is 7.82. The molecule has 1 aromatic carbocycles. The number of aromatic nitrogens is 2. The van der Waals surface area contributed by atoms with E-state index in [0.29, 0.717) is 5.56 Å². The number of nitrogens with one attached hydrogen (secondary N) is 1. The first kappa shape index (κ1) is 18.4. The molecule has 0 fully saturated rings. The molecule has 0 aliphatic rings. The molecule has 7 nitrogen and oxygen atoms in total. The molecule has 1 N–H and O–H groups in total. The normalized spacial score (nSPS) is 11.0. The van der Waals surface area contributed by atoms with Crippen molar-refractivity contribution in [3.05, 3.63) is 46.8 Å². The standard InChI is InChI=1S/C18H21N3O4/c1-12(22)19-14-10-15(23)21(11-16(24)25-18(2,3)4)17(20-14)13-8-6-5-7-9-13/h5-10H,11H2,1-4H3,(H,19,22). The molecule has 0 aliphatic heterocycles. The zero-order valence-electron chi connectivity index (χ0n) is 14.7. The molecule has 132 valence electrons. The third-order valence-electron chi connectivity index (χ3n) is 3.05. The predicted octanol–water partition coefficient (Wildman–Crippen LogP) is 2.21. The quantitative estimate of drug-likeness (QED) is 0.860. The summed E-state index contributed by atoms with van der Waals surface area (Å²) in [6, 6.07) is 10.1. The summed E-state index contributed by atoms with van der Waals surface area (Å²) in [6.07, 6.45) is 0. The van der Waals surface area contributed by atoms with Gasteiger partial charge in [-0.3, -0.25) is 19.0 Å². The van der Waals surface area contributed by atoms with Gasteiger partial charge in [0.25, 0.3) is 5.56 Å². The maximum atomic E-state index is 12.5. The number of nitrogens with zero attached hydrogens (tertiary/aromatic N) is 2. The molecular weight excluding hydrogens is 322 g/mol. The van der Waals surface area contributed by atoms with E-state index >= 15 is 0 Å². The minimum Gasteiger partial charge on any atom is -0.459 e. The number of esters is 1. The Morgan fingerprint density at radius 3 is 2.40 bits per heavy atom. The van der Waals surface area contributed by atoms with Crippen molar-refractivity contribution in [3.8, 4) is 11.4 Å². The van der Waals surface area contributed by atoms with Crippen molar-refractivity contribution in [2.45, 2.75) is 39.8 Å². The van der Waals surface area contributed by atoms with Gasteiger partial charge in [-0.05, 0) is 20.8 Å². The molecule has 1 amide bonds. The molecule has 0 spiro atoms. The van der Waals surface area contributed by atoms with E-state index in [1.807, 2.05) is 6.07 Å². The van der Waals surface area contributed by atoms with Gasteiger partial charge in [0.05, 0.1) is 0 Å². The molecule has 0 atom stereocenters. The topological polar surface area (TPSA) is 90.3 Å². The van der Waals surface area contributed by atoms with E-state index in [9.17, 15) is 14.4 Å². The highest BCUT2D eigenvalue weighted by atomic mass is 16.6. The molecule has 0 aliphatic carbocycles. The van der Waals surface area contributed by atoms with Crippen LogP contribution >= 0.6 is 0 Å². The fourth-order valence-corrected chi connectivity index (χ4v) is 2.21. The van der Waals surface area contributed by atoms with E-state index in [1.165, 1.54) is 17.6 Å². The van der Waals surface area contributed by atoms with Gasteiger partial charge in [-0.15, -0.1) is 0 Å². The van der Waals surface area contributed by atoms with Crippen LogP contribution in [0.1, 0.15) is 27.7 Å². The minimum atomic E-state index is -0.656. The number of carbonyl (C=O) groups is 2. The van der Waals surface area contributed by atoms with E-state index in [1.54, 1.807) is 45.0 Å². The molecule has 0 bridgehead atoms. The Bertz CT molecular complexity index is 836. The average Bonchev–Trinajstić information content (AvgIpc) is 2.48. The smallest absolute Gasteiger partial charge is 0.326 e. The Hall–Kier alpha value is -2.96. The van der Waals surface area contributed by atoms with Gasteiger partial charge in [0.2, 0.25) is 5.91 Å². The number of ether oxygens (including phenoxy) is 1. The van der Waals surface area contributed by atoms with Crippen molar-refractivity contribution in [1.29, 1.82) is 0 Å². The first-order valence-electron chi connectivity index (χ1n) is 7.82. The van der Waals surface area contributed by atoms with Gasteiger partial charge in [-0.1, -0.05) is 30.3 Å². The van der Waals surface area contributed by atoms with Crippen LogP contribution < -0.4 is 10.9 Å². The van der Waals surface area contributed by atoms with Crippen LogP contribution in [-0.4, -0.2) is 27.0 Å². The van der Waals surface area contributed by atoms with E-state index in [0.717, 1.165) is 0 Å². The Labute approximate surface area is 145 Å². The third kappa shape index (κ3) is 5.27. The largest absolute Gasteiger partial charge is 0.459 e. The zero-order chi connectivity index (χ0) is 18.6. The lowest BCUT2D eigenvalue weighted by molar-refractivity contribution is -0.155. The number of hydrogen-bond donors (Lipinski definition) is 1. The summed E-state index contributed by atoms with van der Waals surface area (Å²) < 4.78 is 6.52. The fourth-order valence-electron chi connectivity index (χ4n) is 2.21. The zero-order valence-corrected chi connectivity index (χ0v) is 14.7. The molecule has 25 heavy (non-hydrogen) atoms. The average molecular weight is 343 g/mol. The monoisotopic (exact) mass is 343 g/mol. The summed E-state index contributed by atoms with van der Waals surface area (Å²) in [7, 11) is 0. The second-order valence-electron chi connectivity index (χ2n) is 6.52. The number of rotatable bonds is 4. The van der Waals surface area contributed by atoms with Crippen molar-refractivity contribution in [2.24, 2.45) is 0 Å². The lowest BCUT2D eigenvalue weighted by Crippen LogP contribution is -2.32. The van der Waals surface area contributed by atoms with Crippen molar-refractivity contribution in [2.75, 3.05) is 5.32 Å². The lowest BCUT2D eigenvalue weighted by Gasteiger charge is -2.20. The van der Waals surface area contributed by atoms with Gasteiger partial charge in [-0.25, -0.2) is 4.98 Å². The highest BCUT2D eigenvalue weighted by molar-refractivity contribution is 5.87. The summed E-state index contributed by atoms with van der Waals surface area (Å²) in [5.74, 6) is -0.462. The van der Waals surface area contributed by atoms with Crippen LogP contribution in [0.4, 0.5) is 5.82 Å². The van der Waals surface area contributed by atoms with Crippen molar-refractivity contribution in [1.82, 2.24) is 9.55 Å². The van der Waals surface area contributed by atoms with Crippen LogP contribution in [0.3, 0.4) is 0 Å². The number of anilines is 1. The van der Waals surface area contributed by atoms with Crippen molar-refractivity contribution >= 4 is 17.7 Å². The van der Waals surface area contributed by atoms with E-state index in [2.05, 4.69) is 10.3 Å². The van der Waals surface area contributed by atoms with Crippen LogP contribution in [0.2, 0.25) is 0 Å². The minimum absolute atomic E-state index is 0.136. The van der Waals surface area contributed by atoms with E-state index in [4.69, 9.17) is 4.74 Å². The maximum absolute atomic E-state index is 12.5. The van der Waals surface area contributed by atoms with Crippen LogP contribution in [0.5, 0.6) is 0 Å². The number of benzene rings is 1. The van der Waals surface area contributed by atoms with Crippen LogP contribution in [0, 0.1) is 0 Å².